The van der Waals surface area contributed by atoms with Crippen molar-refractivity contribution in [3.63, 3.8) is 0 Å². The van der Waals surface area contributed by atoms with E-state index in [0.717, 1.165) is 98.8 Å². The van der Waals surface area contributed by atoms with Crippen molar-refractivity contribution in [1.29, 1.82) is 5.26 Å². The fourth-order valence-electron chi connectivity index (χ4n) is 8.85. The monoisotopic (exact) mass is 768 g/mol. The minimum absolute atomic E-state index is 0.0148. The molecule has 1 spiro atoms. The van der Waals surface area contributed by atoms with E-state index in [1.165, 1.54) is 11.8 Å². The number of nitrogens with zero attached hydrogens (tertiary/aromatic N) is 3. The summed E-state index contributed by atoms with van der Waals surface area (Å²) in [6, 6.07) is 19.9. The minimum Gasteiger partial charge on any atom is -0.492 e. The Morgan fingerprint density at radius 1 is 0.944 bits per heavy atom. The molecule has 0 bridgehead atoms. The summed E-state index contributed by atoms with van der Waals surface area (Å²) in [5.41, 5.74) is 6.77. The first kappa shape index (κ1) is 37.1. The van der Waals surface area contributed by atoms with Crippen LogP contribution in [0.2, 0.25) is 10.0 Å². The molecule has 1 aliphatic heterocycles. The van der Waals surface area contributed by atoms with Gasteiger partial charge in [0.2, 0.25) is 0 Å². The van der Waals surface area contributed by atoms with Crippen LogP contribution in [0, 0.1) is 16.7 Å². The van der Waals surface area contributed by atoms with Gasteiger partial charge in [0.25, 0.3) is 0 Å². The first-order chi connectivity index (χ1) is 26.3. The number of ether oxygens (including phenoxy) is 3. The predicted octanol–water partition coefficient (Wildman–Crippen LogP) is 7.80. The number of nitrogens with one attached hydrogen (secondary N) is 1. The summed E-state index contributed by atoms with van der Waals surface area (Å²) in [4.78, 5) is 6.62. The largest absolute Gasteiger partial charge is 0.492 e. The van der Waals surface area contributed by atoms with Gasteiger partial charge in [0.15, 0.2) is 0 Å². The minimum atomic E-state index is -0.373. The summed E-state index contributed by atoms with van der Waals surface area (Å²) >= 11 is 13.9. The van der Waals surface area contributed by atoms with Crippen LogP contribution in [-0.4, -0.2) is 64.6 Å². The molecule has 0 radical (unpaired) electrons. The Labute approximate surface area is 326 Å². The maximum absolute atomic E-state index is 10.4. The standard InChI is InChI=1S/C43H46Cl2N4O5/c44-35-16-29(23-48-36-8-3-9-37(36)51)40(53-24-28-15-27(20-46)21-47-22-28)17-41(35)54-38-12-11-32-31(5-1-6-33(32)38)34-7-2-10-39(42(34)45)52-14-4-13-49-25-43(26-49)18-30(50)19-43/h1-2,5-7,10,15-17,21-22,30,36-38,48,50-51H,3-4,8-9,11-14,18-19,23-26H2/t36-,37-,38+/m1/s1. The van der Waals surface area contributed by atoms with E-state index in [2.05, 4.69) is 33.4 Å². The lowest BCUT2D eigenvalue weighted by molar-refractivity contribution is -0.128. The number of hydrogen-bond acceptors (Lipinski definition) is 9. The van der Waals surface area contributed by atoms with Crippen molar-refractivity contribution in [3.05, 3.63) is 105 Å². The Hall–Kier alpha value is -3.88. The van der Waals surface area contributed by atoms with Gasteiger partial charge in [-0.15, -0.1) is 0 Å². The molecule has 0 amide bonds. The van der Waals surface area contributed by atoms with Crippen molar-refractivity contribution < 1.29 is 24.4 Å². The molecule has 282 valence electrons. The second kappa shape index (κ2) is 16.1. The SMILES string of the molecule is N#Cc1cncc(COc2cc(O[C@H]3CCc4c(-c5cccc(OCCCN6CC7(CC(O)C7)C6)c5Cl)cccc43)c(Cl)cc2CN[C@@H]2CCC[C@H]2O)c1. The third-order valence-electron chi connectivity index (χ3n) is 11.5. The molecule has 4 aliphatic rings. The molecule has 9 nitrogen and oxygen atoms in total. The molecule has 3 aromatic carbocycles. The summed E-state index contributed by atoms with van der Waals surface area (Å²) in [7, 11) is 0. The smallest absolute Gasteiger partial charge is 0.142 e. The van der Waals surface area contributed by atoms with Crippen LogP contribution in [-0.2, 0) is 19.6 Å². The normalized spacial score (nSPS) is 21.6. The number of hydrogen-bond donors (Lipinski definition) is 3. The van der Waals surface area contributed by atoms with Gasteiger partial charge < -0.3 is 34.6 Å². The fraction of sp³-hybridized carbons (Fsp3) is 0.442. The van der Waals surface area contributed by atoms with E-state index in [4.69, 9.17) is 37.4 Å². The van der Waals surface area contributed by atoms with E-state index in [1.807, 2.05) is 36.4 Å². The number of aliphatic hydroxyl groups excluding tert-OH is 2. The summed E-state index contributed by atoms with van der Waals surface area (Å²) in [6.07, 6.45) is 9.61. The van der Waals surface area contributed by atoms with Gasteiger partial charge in [-0.2, -0.15) is 5.26 Å². The summed E-state index contributed by atoms with van der Waals surface area (Å²) < 4.78 is 19.2. The molecule has 3 N–H and O–H groups in total. The first-order valence-electron chi connectivity index (χ1n) is 19.1. The Kier molecular flexibility index (Phi) is 11.0. The van der Waals surface area contributed by atoms with Crippen molar-refractivity contribution in [2.75, 3.05) is 26.2 Å². The fourth-order valence-corrected chi connectivity index (χ4v) is 9.36. The maximum atomic E-state index is 10.4. The maximum Gasteiger partial charge on any atom is 0.142 e. The third-order valence-corrected chi connectivity index (χ3v) is 12.2. The second-order valence-corrected chi connectivity index (χ2v) is 16.3. The number of aromatic nitrogens is 1. The third kappa shape index (κ3) is 7.92. The molecule has 1 aromatic heterocycles. The van der Waals surface area contributed by atoms with Crippen LogP contribution in [0.25, 0.3) is 11.1 Å². The molecule has 3 atom stereocenters. The van der Waals surface area contributed by atoms with Crippen LogP contribution in [0.3, 0.4) is 0 Å². The summed E-state index contributed by atoms with van der Waals surface area (Å²) in [6.45, 7) is 4.42. The lowest BCUT2D eigenvalue weighted by Gasteiger charge is -2.58. The van der Waals surface area contributed by atoms with E-state index in [0.29, 0.717) is 51.4 Å². The number of benzene rings is 3. The Bertz CT molecular complexity index is 2020. The molecule has 2 saturated carbocycles. The Morgan fingerprint density at radius 2 is 1.78 bits per heavy atom. The van der Waals surface area contributed by atoms with Crippen LogP contribution >= 0.6 is 23.2 Å². The average Bonchev–Trinajstić information content (AvgIpc) is 3.76. The summed E-state index contributed by atoms with van der Waals surface area (Å²) in [5, 5.41) is 34.0. The Morgan fingerprint density at radius 3 is 2.57 bits per heavy atom. The lowest BCUT2D eigenvalue weighted by atomic mass is 9.62. The van der Waals surface area contributed by atoms with E-state index >= 15 is 0 Å². The average molecular weight is 770 g/mol. The Balaban J connectivity index is 0.958. The predicted molar refractivity (Wildman–Crippen MR) is 208 cm³/mol. The second-order valence-electron chi connectivity index (χ2n) is 15.5. The number of rotatable bonds is 14. The highest BCUT2D eigenvalue weighted by Crippen LogP contribution is 2.48. The van der Waals surface area contributed by atoms with Crippen molar-refractivity contribution in [3.8, 4) is 34.4 Å². The van der Waals surface area contributed by atoms with Gasteiger partial charge in [-0.3, -0.25) is 4.98 Å². The lowest BCUT2D eigenvalue weighted by Crippen LogP contribution is -2.63. The van der Waals surface area contributed by atoms with Gasteiger partial charge >= 0.3 is 0 Å². The molecule has 3 fully saturated rings. The van der Waals surface area contributed by atoms with Gasteiger partial charge in [0.1, 0.15) is 36.0 Å². The van der Waals surface area contributed by atoms with E-state index < -0.39 is 0 Å². The molecule has 3 aliphatic carbocycles. The topological polar surface area (TPSA) is 120 Å². The van der Waals surface area contributed by atoms with Gasteiger partial charge in [0.05, 0.1) is 34.4 Å². The van der Waals surface area contributed by atoms with E-state index in [1.54, 1.807) is 12.3 Å². The molecule has 11 heteroatoms. The van der Waals surface area contributed by atoms with Crippen LogP contribution in [0.1, 0.15) is 78.9 Å². The number of pyridine rings is 1. The highest BCUT2D eigenvalue weighted by Gasteiger charge is 2.51. The number of likely N-dealkylation sites (tertiary alicyclic amines) is 1. The van der Waals surface area contributed by atoms with Crippen LogP contribution in [0.15, 0.2) is 67.0 Å². The van der Waals surface area contributed by atoms with Crippen molar-refractivity contribution in [2.45, 2.75) is 88.9 Å². The number of fused-ring (bicyclic) bond motifs is 1. The molecule has 54 heavy (non-hydrogen) atoms. The number of halogens is 2. The first-order valence-corrected chi connectivity index (χ1v) is 19.8. The van der Waals surface area contributed by atoms with Crippen molar-refractivity contribution >= 4 is 23.2 Å². The molecular formula is C43H46Cl2N4O5. The van der Waals surface area contributed by atoms with E-state index in [9.17, 15) is 15.5 Å². The van der Waals surface area contributed by atoms with Crippen LogP contribution < -0.4 is 19.5 Å². The van der Waals surface area contributed by atoms with Crippen LogP contribution in [0.5, 0.6) is 17.2 Å². The van der Waals surface area contributed by atoms with Gasteiger partial charge in [-0.05, 0) is 86.3 Å². The number of aliphatic hydroxyl groups is 2. The zero-order valence-corrected chi connectivity index (χ0v) is 31.8. The molecular weight excluding hydrogens is 723 g/mol. The molecule has 1 saturated heterocycles. The quantitative estimate of drug-likeness (QED) is 0.110. The van der Waals surface area contributed by atoms with Gasteiger partial charge in [-0.1, -0.05) is 53.5 Å². The molecule has 0 unspecified atom stereocenters. The highest BCUT2D eigenvalue weighted by atomic mass is 35.5. The molecule has 8 rings (SSSR count). The number of nitriles is 1. The van der Waals surface area contributed by atoms with Crippen molar-refractivity contribution in [2.24, 2.45) is 5.41 Å². The summed E-state index contributed by atoms with van der Waals surface area (Å²) in [5.74, 6) is 1.82. The zero-order chi connectivity index (χ0) is 37.2. The molecule has 2 heterocycles. The van der Waals surface area contributed by atoms with Gasteiger partial charge in [0, 0.05) is 72.8 Å². The van der Waals surface area contributed by atoms with Crippen molar-refractivity contribution in [1.82, 2.24) is 15.2 Å². The zero-order valence-electron chi connectivity index (χ0n) is 30.3. The van der Waals surface area contributed by atoms with Gasteiger partial charge in [-0.25, -0.2) is 0 Å². The van der Waals surface area contributed by atoms with Crippen LogP contribution in [0.4, 0.5) is 0 Å². The van der Waals surface area contributed by atoms with E-state index in [-0.39, 0.29) is 31.0 Å². The molecule has 4 aromatic rings. The highest BCUT2D eigenvalue weighted by molar-refractivity contribution is 6.35.